The molecule has 0 saturated heterocycles. The van der Waals surface area contributed by atoms with Crippen LogP contribution >= 0.6 is 15.9 Å². The van der Waals surface area contributed by atoms with Crippen LogP contribution in [-0.4, -0.2) is 29.4 Å². The number of hydrogen-bond donors (Lipinski definition) is 3. The summed E-state index contributed by atoms with van der Waals surface area (Å²) in [7, 11) is 0. The zero-order chi connectivity index (χ0) is 18.9. The van der Waals surface area contributed by atoms with E-state index in [-0.39, 0.29) is 24.4 Å². The van der Waals surface area contributed by atoms with Crippen LogP contribution in [0.25, 0.3) is 6.08 Å². The van der Waals surface area contributed by atoms with E-state index in [2.05, 4.69) is 26.6 Å². The molecule has 1 heterocycles. The second-order valence-electron chi connectivity index (χ2n) is 5.29. The van der Waals surface area contributed by atoms with Gasteiger partial charge in [-0.2, -0.15) is 0 Å². The van der Waals surface area contributed by atoms with E-state index < -0.39 is 17.8 Å². The van der Waals surface area contributed by atoms with E-state index in [4.69, 9.17) is 9.52 Å². The number of benzene rings is 1. The lowest BCUT2D eigenvalue weighted by atomic mass is 10.2. The van der Waals surface area contributed by atoms with E-state index >= 15 is 0 Å². The normalized spacial score (nSPS) is 11.0. The molecule has 0 atom stereocenters. The number of carbonyl (C=O) groups excluding carboxylic acids is 2. The van der Waals surface area contributed by atoms with Gasteiger partial charge < -0.3 is 20.2 Å². The van der Waals surface area contributed by atoms with Crippen molar-refractivity contribution in [1.29, 1.82) is 0 Å². The van der Waals surface area contributed by atoms with Crippen molar-refractivity contribution in [2.45, 2.75) is 12.8 Å². The molecule has 26 heavy (non-hydrogen) atoms. The van der Waals surface area contributed by atoms with Gasteiger partial charge in [0.1, 0.15) is 5.70 Å². The molecule has 2 rings (SSSR count). The Hall–Kier alpha value is -2.87. The number of nitrogens with one attached hydrogen (secondary N) is 2. The molecule has 0 aliphatic carbocycles. The highest BCUT2D eigenvalue weighted by Gasteiger charge is 2.16. The number of halogens is 1. The Morgan fingerprint density at radius 1 is 1.15 bits per heavy atom. The minimum Gasteiger partial charge on any atom is -0.481 e. The first-order valence-corrected chi connectivity index (χ1v) is 8.57. The van der Waals surface area contributed by atoms with Crippen LogP contribution in [0.15, 0.2) is 57.2 Å². The number of amides is 2. The summed E-state index contributed by atoms with van der Waals surface area (Å²) in [6.07, 6.45) is 3.13. The van der Waals surface area contributed by atoms with Gasteiger partial charge in [0.25, 0.3) is 11.8 Å². The molecule has 0 fully saturated rings. The third-order valence-corrected chi connectivity index (χ3v) is 3.80. The van der Waals surface area contributed by atoms with E-state index in [9.17, 15) is 14.4 Å². The zero-order valence-corrected chi connectivity index (χ0v) is 15.3. The van der Waals surface area contributed by atoms with Gasteiger partial charge in [0.15, 0.2) is 5.76 Å². The van der Waals surface area contributed by atoms with E-state index in [1.54, 1.807) is 18.2 Å². The molecule has 3 N–H and O–H groups in total. The molecule has 0 radical (unpaired) electrons. The molecule has 0 bridgehead atoms. The van der Waals surface area contributed by atoms with Gasteiger partial charge in [-0.3, -0.25) is 14.4 Å². The zero-order valence-electron chi connectivity index (χ0n) is 13.7. The first-order chi connectivity index (χ1) is 12.5. The van der Waals surface area contributed by atoms with Gasteiger partial charge in [-0.25, -0.2) is 0 Å². The SMILES string of the molecule is O=C(O)CCCNC(=O)C(=Cc1ccc(Br)cc1)NC(=O)c1ccco1. The second-order valence-corrected chi connectivity index (χ2v) is 6.21. The number of carboxylic acids is 1. The largest absolute Gasteiger partial charge is 0.481 e. The van der Waals surface area contributed by atoms with Gasteiger partial charge in [0.2, 0.25) is 0 Å². The van der Waals surface area contributed by atoms with Gasteiger partial charge in [0.05, 0.1) is 6.26 Å². The van der Waals surface area contributed by atoms with Crippen LogP contribution in [0.4, 0.5) is 0 Å². The van der Waals surface area contributed by atoms with Crippen molar-refractivity contribution in [3.8, 4) is 0 Å². The third-order valence-electron chi connectivity index (χ3n) is 3.27. The lowest BCUT2D eigenvalue weighted by Gasteiger charge is -2.10. The molecule has 0 aliphatic rings. The summed E-state index contributed by atoms with van der Waals surface area (Å²) in [6.45, 7) is 0.180. The first kappa shape index (κ1) is 19.5. The van der Waals surface area contributed by atoms with Gasteiger partial charge in [-0.05, 0) is 42.3 Å². The van der Waals surface area contributed by atoms with Gasteiger partial charge in [0, 0.05) is 17.4 Å². The topological polar surface area (TPSA) is 109 Å². The maximum Gasteiger partial charge on any atom is 0.303 e. The Balaban J connectivity index is 2.12. The summed E-state index contributed by atoms with van der Waals surface area (Å²) in [5, 5.41) is 13.7. The van der Waals surface area contributed by atoms with Gasteiger partial charge in [-0.15, -0.1) is 0 Å². The summed E-state index contributed by atoms with van der Waals surface area (Å²) in [4.78, 5) is 35.1. The summed E-state index contributed by atoms with van der Waals surface area (Å²) in [5.74, 6) is -1.93. The average molecular weight is 421 g/mol. The van der Waals surface area contributed by atoms with Crippen LogP contribution in [0.2, 0.25) is 0 Å². The van der Waals surface area contributed by atoms with Crippen molar-refractivity contribution in [2.24, 2.45) is 0 Å². The van der Waals surface area contributed by atoms with Crippen molar-refractivity contribution in [1.82, 2.24) is 10.6 Å². The van der Waals surface area contributed by atoms with Crippen LogP contribution in [0.1, 0.15) is 29.0 Å². The molecule has 2 aromatic rings. The fraction of sp³-hybridized carbons (Fsp3) is 0.167. The lowest BCUT2D eigenvalue weighted by Crippen LogP contribution is -2.35. The average Bonchev–Trinajstić information content (AvgIpc) is 3.14. The summed E-state index contributed by atoms with van der Waals surface area (Å²) in [5.41, 5.74) is 0.743. The predicted octanol–water partition coefficient (Wildman–Crippen LogP) is 2.79. The van der Waals surface area contributed by atoms with Crippen molar-refractivity contribution in [2.75, 3.05) is 6.54 Å². The smallest absolute Gasteiger partial charge is 0.303 e. The third kappa shape index (κ3) is 6.21. The van der Waals surface area contributed by atoms with Crippen LogP contribution in [-0.2, 0) is 9.59 Å². The predicted molar refractivity (Wildman–Crippen MR) is 98.2 cm³/mol. The molecule has 0 spiro atoms. The Bertz CT molecular complexity index is 797. The minimum atomic E-state index is -0.934. The van der Waals surface area contributed by atoms with Crippen LogP contribution < -0.4 is 10.6 Å². The molecular weight excluding hydrogens is 404 g/mol. The van der Waals surface area contributed by atoms with E-state index in [1.807, 2.05) is 12.1 Å². The highest BCUT2D eigenvalue weighted by atomic mass is 79.9. The number of carbonyl (C=O) groups is 3. The molecule has 136 valence electrons. The van der Waals surface area contributed by atoms with Crippen molar-refractivity contribution in [3.05, 3.63) is 64.2 Å². The maximum absolute atomic E-state index is 12.4. The molecule has 0 saturated carbocycles. The summed E-state index contributed by atoms with van der Waals surface area (Å²) in [6, 6.07) is 10.2. The van der Waals surface area contributed by atoms with E-state index in [0.717, 1.165) is 4.47 Å². The van der Waals surface area contributed by atoms with Crippen molar-refractivity contribution in [3.63, 3.8) is 0 Å². The van der Waals surface area contributed by atoms with Crippen molar-refractivity contribution >= 4 is 39.8 Å². The van der Waals surface area contributed by atoms with E-state index in [1.165, 1.54) is 18.4 Å². The molecule has 8 heteroatoms. The maximum atomic E-state index is 12.4. The minimum absolute atomic E-state index is 0.0315. The Morgan fingerprint density at radius 2 is 1.88 bits per heavy atom. The fourth-order valence-corrected chi connectivity index (χ4v) is 2.28. The molecule has 7 nitrogen and oxygen atoms in total. The number of carboxylic acid groups (broad SMARTS) is 1. The molecule has 1 aromatic heterocycles. The van der Waals surface area contributed by atoms with Crippen LogP contribution in [0.3, 0.4) is 0 Å². The molecule has 0 aliphatic heterocycles. The van der Waals surface area contributed by atoms with E-state index in [0.29, 0.717) is 12.0 Å². The Labute approximate surface area is 158 Å². The number of aliphatic carboxylic acids is 1. The van der Waals surface area contributed by atoms with Gasteiger partial charge >= 0.3 is 5.97 Å². The van der Waals surface area contributed by atoms with Crippen LogP contribution in [0.5, 0.6) is 0 Å². The fourth-order valence-electron chi connectivity index (χ4n) is 2.01. The number of furan rings is 1. The highest BCUT2D eigenvalue weighted by molar-refractivity contribution is 9.10. The van der Waals surface area contributed by atoms with Crippen molar-refractivity contribution < 1.29 is 23.9 Å². The molecule has 0 unspecified atom stereocenters. The highest BCUT2D eigenvalue weighted by Crippen LogP contribution is 2.13. The summed E-state index contributed by atoms with van der Waals surface area (Å²) >= 11 is 3.33. The second kappa shape index (κ2) is 9.57. The Morgan fingerprint density at radius 3 is 2.50 bits per heavy atom. The lowest BCUT2D eigenvalue weighted by molar-refractivity contribution is -0.137. The number of rotatable bonds is 8. The number of hydrogen-bond acceptors (Lipinski definition) is 4. The quantitative estimate of drug-likeness (QED) is 0.449. The monoisotopic (exact) mass is 420 g/mol. The van der Waals surface area contributed by atoms with Gasteiger partial charge in [-0.1, -0.05) is 28.1 Å². The molecular formula is C18H17BrN2O5. The Kier molecular flexibility index (Phi) is 7.16. The standard InChI is InChI=1S/C18H17BrN2O5/c19-13-7-5-12(6-8-13)11-14(17(24)20-9-1-4-16(22)23)21-18(25)15-3-2-10-26-15/h2-3,5-8,10-11H,1,4,9H2,(H,20,24)(H,21,25)(H,22,23). The molecule has 1 aromatic carbocycles. The molecule has 2 amide bonds. The summed E-state index contributed by atoms with van der Waals surface area (Å²) < 4.78 is 5.91. The van der Waals surface area contributed by atoms with Crippen LogP contribution in [0, 0.1) is 0 Å². The first-order valence-electron chi connectivity index (χ1n) is 7.78.